The third kappa shape index (κ3) is 3.00. The van der Waals surface area contributed by atoms with Gasteiger partial charge in [0.05, 0.1) is 22.9 Å². The number of hydrogen-bond acceptors (Lipinski definition) is 5. The molecular formula is C17H16N2O3S2. The van der Waals surface area contributed by atoms with Crippen LogP contribution in [0, 0.1) is 11.3 Å². The predicted octanol–water partition coefficient (Wildman–Crippen LogP) is 3.00. The van der Waals surface area contributed by atoms with E-state index in [2.05, 4.69) is 0 Å². The Hall–Kier alpha value is -2.01. The van der Waals surface area contributed by atoms with Crippen molar-refractivity contribution >= 4 is 21.8 Å². The van der Waals surface area contributed by atoms with Crippen molar-refractivity contribution in [3.8, 4) is 11.8 Å². The Morgan fingerprint density at radius 3 is 2.58 bits per heavy atom. The van der Waals surface area contributed by atoms with E-state index < -0.39 is 10.0 Å². The molecule has 1 aliphatic rings. The minimum absolute atomic E-state index is 0.0634. The number of sulfonamides is 1. The Kier molecular flexibility index (Phi) is 4.81. The lowest BCUT2D eigenvalue weighted by atomic mass is 10.2. The highest BCUT2D eigenvalue weighted by molar-refractivity contribution is 8.01. The molecule has 24 heavy (non-hydrogen) atoms. The summed E-state index contributed by atoms with van der Waals surface area (Å²) >= 11 is 1.58. The average Bonchev–Trinajstić information content (AvgIpc) is 3.12. The molecule has 1 heterocycles. The average molecular weight is 360 g/mol. The first-order valence-corrected chi connectivity index (χ1v) is 9.83. The fourth-order valence-corrected chi connectivity index (χ4v) is 6.03. The van der Waals surface area contributed by atoms with Gasteiger partial charge in [-0.25, -0.2) is 8.42 Å². The van der Waals surface area contributed by atoms with Gasteiger partial charge in [0.1, 0.15) is 11.8 Å². The van der Waals surface area contributed by atoms with Crippen LogP contribution in [0.4, 0.5) is 0 Å². The van der Waals surface area contributed by atoms with Crippen molar-refractivity contribution in [3.63, 3.8) is 0 Å². The van der Waals surface area contributed by atoms with Crippen molar-refractivity contribution < 1.29 is 13.2 Å². The normalized spacial score (nSPS) is 18.2. The van der Waals surface area contributed by atoms with E-state index in [-0.39, 0.29) is 15.8 Å². The molecule has 0 N–H and O–H groups in total. The van der Waals surface area contributed by atoms with Gasteiger partial charge in [0, 0.05) is 12.3 Å². The van der Waals surface area contributed by atoms with Gasteiger partial charge in [0.2, 0.25) is 10.0 Å². The Balaban J connectivity index is 1.99. The molecule has 1 unspecified atom stereocenters. The molecule has 124 valence electrons. The molecule has 0 amide bonds. The molecule has 5 nitrogen and oxygen atoms in total. The molecule has 1 aliphatic heterocycles. The number of methoxy groups -OCH3 is 1. The van der Waals surface area contributed by atoms with Gasteiger partial charge in [0.25, 0.3) is 0 Å². The highest BCUT2D eigenvalue weighted by Gasteiger charge is 2.37. The van der Waals surface area contributed by atoms with E-state index >= 15 is 0 Å². The molecule has 1 fully saturated rings. The second-order valence-electron chi connectivity index (χ2n) is 5.22. The molecule has 0 saturated carbocycles. The van der Waals surface area contributed by atoms with Crippen molar-refractivity contribution in [2.45, 2.75) is 10.3 Å². The SMILES string of the molecule is COc1ccc(C2SCCN2S(=O)(=O)c2ccccc2C#N)cc1. The molecule has 2 aromatic carbocycles. The van der Waals surface area contributed by atoms with Crippen LogP contribution in [0.2, 0.25) is 0 Å². The van der Waals surface area contributed by atoms with Crippen LogP contribution < -0.4 is 4.74 Å². The Morgan fingerprint density at radius 2 is 1.92 bits per heavy atom. The molecule has 0 aromatic heterocycles. The number of benzene rings is 2. The number of hydrogen-bond donors (Lipinski definition) is 0. The third-order valence-electron chi connectivity index (χ3n) is 3.84. The summed E-state index contributed by atoms with van der Waals surface area (Å²) in [7, 11) is -2.14. The quantitative estimate of drug-likeness (QED) is 0.838. The van der Waals surface area contributed by atoms with E-state index in [0.717, 1.165) is 11.3 Å². The zero-order valence-electron chi connectivity index (χ0n) is 13.0. The summed E-state index contributed by atoms with van der Waals surface area (Å²) < 4.78 is 32.7. The summed E-state index contributed by atoms with van der Waals surface area (Å²) in [5.41, 5.74) is 1.07. The molecule has 0 aliphatic carbocycles. The van der Waals surface area contributed by atoms with E-state index in [0.29, 0.717) is 12.3 Å². The van der Waals surface area contributed by atoms with E-state index in [9.17, 15) is 13.7 Å². The summed E-state index contributed by atoms with van der Waals surface area (Å²) in [6.45, 7) is 0.420. The van der Waals surface area contributed by atoms with Crippen molar-refractivity contribution in [1.29, 1.82) is 5.26 Å². The Bertz CT molecular complexity index is 873. The van der Waals surface area contributed by atoms with Crippen molar-refractivity contribution in [2.24, 2.45) is 0 Å². The molecule has 0 bridgehead atoms. The lowest BCUT2D eigenvalue weighted by Gasteiger charge is -2.24. The van der Waals surface area contributed by atoms with Crippen LogP contribution >= 0.6 is 11.8 Å². The number of thioether (sulfide) groups is 1. The maximum absolute atomic E-state index is 13.1. The van der Waals surface area contributed by atoms with Crippen LogP contribution in [0.5, 0.6) is 5.75 Å². The van der Waals surface area contributed by atoms with Gasteiger partial charge in [-0.3, -0.25) is 0 Å². The van der Waals surface area contributed by atoms with Crippen LogP contribution in [-0.4, -0.2) is 32.1 Å². The third-order valence-corrected chi connectivity index (χ3v) is 7.16. The zero-order valence-corrected chi connectivity index (χ0v) is 14.7. The van der Waals surface area contributed by atoms with Crippen LogP contribution in [0.25, 0.3) is 0 Å². The first-order chi connectivity index (χ1) is 11.6. The van der Waals surface area contributed by atoms with Gasteiger partial charge in [0.15, 0.2) is 0 Å². The monoisotopic (exact) mass is 360 g/mol. The molecule has 1 saturated heterocycles. The molecule has 2 aromatic rings. The largest absolute Gasteiger partial charge is 0.497 e. The Labute approximate surface area is 145 Å². The molecule has 7 heteroatoms. The number of nitrogens with zero attached hydrogens (tertiary/aromatic N) is 2. The molecular weight excluding hydrogens is 344 g/mol. The van der Waals surface area contributed by atoms with Crippen molar-refractivity contribution in [1.82, 2.24) is 4.31 Å². The highest BCUT2D eigenvalue weighted by atomic mass is 32.2. The molecule has 0 spiro atoms. The van der Waals surface area contributed by atoms with Crippen LogP contribution in [0.1, 0.15) is 16.5 Å². The first kappa shape index (κ1) is 16.8. The smallest absolute Gasteiger partial charge is 0.245 e. The lowest BCUT2D eigenvalue weighted by Crippen LogP contribution is -2.31. The van der Waals surface area contributed by atoms with Crippen LogP contribution in [0.3, 0.4) is 0 Å². The minimum atomic E-state index is -3.74. The molecule has 1 atom stereocenters. The number of ether oxygens (including phenoxy) is 1. The summed E-state index contributed by atoms with van der Waals surface area (Å²) in [5, 5.41) is 8.91. The zero-order chi connectivity index (χ0) is 17.2. The van der Waals surface area contributed by atoms with E-state index in [1.807, 2.05) is 30.3 Å². The standard InChI is InChI=1S/C17H16N2O3S2/c1-22-15-8-6-13(7-9-15)17-19(10-11-23-17)24(20,21)16-5-3-2-4-14(16)12-18/h2-9,17H,10-11H2,1H3. The van der Waals surface area contributed by atoms with Crippen LogP contribution in [-0.2, 0) is 10.0 Å². The predicted molar refractivity (Wildman–Crippen MR) is 93.2 cm³/mol. The fourth-order valence-electron chi connectivity index (χ4n) is 2.64. The highest BCUT2D eigenvalue weighted by Crippen LogP contribution is 2.42. The minimum Gasteiger partial charge on any atom is -0.497 e. The topological polar surface area (TPSA) is 70.4 Å². The second kappa shape index (κ2) is 6.85. The fraction of sp³-hybridized carbons (Fsp3) is 0.235. The van der Waals surface area contributed by atoms with Gasteiger partial charge in [-0.1, -0.05) is 24.3 Å². The molecule has 0 radical (unpaired) electrons. The van der Waals surface area contributed by atoms with Gasteiger partial charge in [-0.15, -0.1) is 11.8 Å². The first-order valence-electron chi connectivity index (χ1n) is 7.34. The summed E-state index contributed by atoms with van der Waals surface area (Å²) in [5.74, 6) is 1.44. The number of rotatable bonds is 4. The van der Waals surface area contributed by atoms with Gasteiger partial charge < -0.3 is 4.74 Å². The summed E-state index contributed by atoms with van der Waals surface area (Å²) in [6.07, 6.45) is 0. The Morgan fingerprint density at radius 1 is 1.21 bits per heavy atom. The van der Waals surface area contributed by atoms with Gasteiger partial charge >= 0.3 is 0 Å². The molecule has 3 rings (SSSR count). The van der Waals surface area contributed by atoms with E-state index in [1.54, 1.807) is 31.0 Å². The summed E-state index contributed by atoms with van der Waals surface area (Å²) in [4.78, 5) is 0.0634. The maximum atomic E-state index is 13.1. The van der Waals surface area contributed by atoms with Crippen molar-refractivity contribution in [3.05, 3.63) is 59.7 Å². The van der Waals surface area contributed by atoms with E-state index in [4.69, 9.17) is 4.74 Å². The second-order valence-corrected chi connectivity index (χ2v) is 8.27. The van der Waals surface area contributed by atoms with Crippen LogP contribution in [0.15, 0.2) is 53.4 Å². The summed E-state index contributed by atoms with van der Waals surface area (Å²) in [6, 6.07) is 15.7. The number of nitriles is 1. The van der Waals surface area contributed by atoms with Crippen molar-refractivity contribution in [2.75, 3.05) is 19.4 Å². The van der Waals surface area contributed by atoms with Gasteiger partial charge in [-0.05, 0) is 29.8 Å². The lowest BCUT2D eigenvalue weighted by molar-refractivity contribution is 0.413. The van der Waals surface area contributed by atoms with E-state index in [1.165, 1.54) is 16.4 Å². The van der Waals surface area contributed by atoms with Gasteiger partial charge in [-0.2, -0.15) is 9.57 Å². The maximum Gasteiger partial charge on any atom is 0.245 e.